The van der Waals surface area contributed by atoms with E-state index in [1.165, 1.54) is 0 Å². The third kappa shape index (κ3) is 7.28. The van der Waals surface area contributed by atoms with Crippen LogP contribution < -0.4 is 14.2 Å². The second kappa shape index (κ2) is 12.5. The molecule has 0 unspecified atom stereocenters. The van der Waals surface area contributed by atoms with Gasteiger partial charge in [0.05, 0.1) is 6.61 Å². The molecule has 4 heteroatoms. The van der Waals surface area contributed by atoms with Gasteiger partial charge in [-0.25, -0.2) is 0 Å². The first-order valence-electron chi connectivity index (χ1n) is 12.1. The summed E-state index contributed by atoms with van der Waals surface area (Å²) in [7, 11) is 0. The molecule has 35 heavy (non-hydrogen) atoms. The highest BCUT2D eigenvalue weighted by molar-refractivity contribution is 5.42. The molecule has 0 saturated carbocycles. The van der Waals surface area contributed by atoms with Crippen molar-refractivity contribution in [1.29, 1.82) is 0 Å². The molecule has 0 aliphatic carbocycles. The Kier molecular flexibility index (Phi) is 8.66. The normalized spacial score (nSPS) is 10.7. The van der Waals surface area contributed by atoms with Crippen molar-refractivity contribution in [3.8, 4) is 23.0 Å². The van der Waals surface area contributed by atoms with E-state index in [0.717, 1.165) is 53.0 Å². The number of phenolic OH excluding ortho intramolecular Hbond substituents is 1. The highest BCUT2D eigenvalue weighted by Gasteiger charge is 2.10. The van der Waals surface area contributed by atoms with Crippen LogP contribution in [-0.4, -0.2) is 11.7 Å². The average molecular weight is 469 g/mol. The number of rotatable bonds is 12. The molecule has 4 aromatic carbocycles. The van der Waals surface area contributed by atoms with Gasteiger partial charge in [-0.1, -0.05) is 72.8 Å². The van der Waals surface area contributed by atoms with Crippen molar-refractivity contribution in [2.75, 3.05) is 6.61 Å². The van der Waals surface area contributed by atoms with Crippen LogP contribution in [0.1, 0.15) is 35.6 Å². The fourth-order valence-corrected chi connectivity index (χ4v) is 3.92. The van der Waals surface area contributed by atoms with E-state index in [-0.39, 0.29) is 5.75 Å². The Morgan fingerprint density at radius 1 is 0.600 bits per heavy atom. The predicted octanol–water partition coefficient (Wildman–Crippen LogP) is 7.12. The second-order valence-electron chi connectivity index (χ2n) is 8.40. The lowest BCUT2D eigenvalue weighted by Gasteiger charge is -2.15. The van der Waals surface area contributed by atoms with Crippen LogP contribution in [0.3, 0.4) is 0 Å². The summed E-state index contributed by atoms with van der Waals surface area (Å²) in [5.74, 6) is 2.58. The molecule has 1 N–H and O–H groups in total. The zero-order chi connectivity index (χ0) is 24.3. The van der Waals surface area contributed by atoms with Crippen molar-refractivity contribution in [3.05, 3.63) is 119 Å². The molecule has 0 radical (unpaired) electrons. The number of hydrogen-bond donors (Lipinski definition) is 1. The molecular formula is C31H32O4. The summed E-state index contributed by atoms with van der Waals surface area (Å²) in [5.41, 5.74) is 4.29. The predicted molar refractivity (Wildman–Crippen MR) is 139 cm³/mol. The van der Waals surface area contributed by atoms with Gasteiger partial charge in [0, 0.05) is 12.1 Å². The van der Waals surface area contributed by atoms with Gasteiger partial charge >= 0.3 is 0 Å². The number of phenols is 1. The zero-order valence-corrected chi connectivity index (χ0v) is 20.2. The summed E-state index contributed by atoms with van der Waals surface area (Å²) in [6.07, 6.45) is 2.48. The lowest BCUT2D eigenvalue weighted by Crippen LogP contribution is -2.01. The Bertz CT molecular complexity index is 1190. The second-order valence-corrected chi connectivity index (χ2v) is 8.40. The molecule has 0 atom stereocenters. The zero-order valence-electron chi connectivity index (χ0n) is 20.2. The minimum atomic E-state index is 0.279. The van der Waals surface area contributed by atoms with E-state index >= 15 is 0 Å². The summed E-state index contributed by atoms with van der Waals surface area (Å²) >= 11 is 0. The van der Waals surface area contributed by atoms with Gasteiger partial charge in [0.25, 0.3) is 0 Å². The standard InChI is InChI=1S/C31H32O4/c1-2-33-28-18-16-26(30(32)20-28)14-9-15-27-17-19-29(34-22-24-10-5-3-6-11-24)21-31(27)35-23-25-12-7-4-8-13-25/h3-8,10-13,16-21,32H,2,9,14-15,22-23H2,1H3. The maximum absolute atomic E-state index is 10.3. The Morgan fingerprint density at radius 3 is 1.80 bits per heavy atom. The van der Waals surface area contributed by atoms with Crippen molar-refractivity contribution in [2.45, 2.75) is 39.4 Å². The smallest absolute Gasteiger partial charge is 0.126 e. The topological polar surface area (TPSA) is 47.9 Å². The average Bonchev–Trinajstić information content (AvgIpc) is 2.89. The van der Waals surface area contributed by atoms with E-state index in [1.54, 1.807) is 6.07 Å². The van der Waals surface area contributed by atoms with Gasteiger partial charge in [-0.2, -0.15) is 0 Å². The lowest BCUT2D eigenvalue weighted by atomic mass is 10.0. The Balaban J connectivity index is 1.43. The van der Waals surface area contributed by atoms with Gasteiger partial charge in [0.2, 0.25) is 0 Å². The maximum atomic E-state index is 10.3. The van der Waals surface area contributed by atoms with Crippen LogP contribution in [0.25, 0.3) is 0 Å². The van der Waals surface area contributed by atoms with E-state index < -0.39 is 0 Å². The van der Waals surface area contributed by atoms with Crippen molar-refractivity contribution >= 4 is 0 Å². The first-order valence-corrected chi connectivity index (χ1v) is 12.1. The van der Waals surface area contributed by atoms with Gasteiger partial charge in [-0.15, -0.1) is 0 Å². The third-order valence-electron chi connectivity index (χ3n) is 5.78. The van der Waals surface area contributed by atoms with Gasteiger partial charge in [-0.3, -0.25) is 0 Å². The highest BCUT2D eigenvalue weighted by Crippen LogP contribution is 2.29. The molecule has 180 valence electrons. The van der Waals surface area contributed by atoms with Crippen molar-refractivity contribution < 1.29 is 19.3 Å². The Labute approximate surface area is 207 Å². The summed E-state index contributed by atoms with van der Waals surface area (Å²) in [5, 5.41) is 10.3. The van der Waals surface area contributed by atoms with E-state index in [2.05, 4.69) is 30.3 Å². The van der Waals surface area contributed by atoms with Gasteiger partial charge < -0.3 is 19.3 Å². The van der Waals surface area contributed by atoms with Crippen LogP contribution in [0.4, 0.5) is 0 Å². The summed E-state index contributed by atoms with van der Waals surface area (Å²) in [6.45, 7) is 3.51. The molecule has 4 rings (SSSR count). The number of aromatic hydroxyl groups is 1. The van der Waals surface area contributed by atoms with Crippen LogP contribution >= 0.6 is 0 Å². The molecule has 4 nitrogen and oxygen atoms in total. The van der Waals surface area contributed by atoms with Gasteiger partial charge in [0.1, 0.15) is 36.2 Å². The molecule has 0 saturated heterocycles. The number of ether oxygens (including phenoxy) is 3. The molecule has 0 aliphatic rings. The van der Waals surface area contributed by atoms with E-state index in [4.69, 9.17) is 14.2 Å². The monoisotopic (exact) mass is 468 g/mol. The quantitative estimate of drug-likeness (QED) is 0.240. The summed E-state index contributed by atoms with van der Waals surface area (Å²) in [6, 6.07) is 31.9. The highest BCUT2D eigenvalue weighted by atomic mass is 16.5. The van der Waals surface area contributed by atoms with Crippen LogP contribution in [-0.2, 0) is 26.1 Å². The maximum Gasteiger partial charge on any atom is 0.126 e. The number of aryl methyl sites for hydroxylation is 2. The molecule has 0 fully saturated rings. The van der Waals surface area contributed by atoms with E-state index in [0.29, 0.717) is 25.6 Å². The Morgan fingerprint density at radius 2 is 1.17 bits per heavy atom. The largest absolute Gasteiger partial charge is 0.508 e. The first kappa shape index (κ1) is 24.2. The molecule has 0 spiro atoms. The van der Waals surface area contributed by atoms with Gasteiger partial charge in [-0.05, 0) is 60.6 Å². The molecule has 0 aromatic heterocycles. The minimum Gasteiger partial charge on any atom is -0.508 e. The van der Waals surface area contributed by atoms with Crippen molar-refractivity contribution in [2.24, 2.45) is 0 Å². The molecule has 0 bridgehead atoms. The molecule has 0 heterocycles. The van der Waals surface area contributed by atoms with Crippen LogP contribution in [0.5, 0.6) is 23.0 Å². The van der Waals surface area contributed by atoms with E-state index in [9.17, 15) is 5.11 Å². The molecule has 0 aliphatic heterocycles. The molecular weight excluding hydrogens is 436 g/mol. The Hall–Kier alpha value is -3.92. The SMILES string of the molecule is CCOc1ccc(CCCc2ccc(OCc3ccccc3)cc2OCc2ccccc2)c(O)c1. The van der Waals surface area contributed by atoms with Crippen LogP contribution in [0, 0.1) is 0 Å². The number of hydrogen-bond acceptors (Lipinski definition) is 4. The molecule has 0 amide bonds. The summed E-state index contributed by atoms with van der Waals surface area (Å²) < 4.78 is 17.7. The van der Waals surface area contributed by atoms with Crippen molar-refractivity contribution in [3.63, 3.8) is 0 Å². The van der Waals surface area contributed by atoms with Crippen LogP contribution in [0.2, 0.25) is 0 Å². The fraction of sp³-hybridized carbons (Fsp3) is 0.226. The fourth-order valence-electron chi connectivity index (χ4n) is 3.92. The van der Waals surface area contributed by atoms with Gasteiger partial charge in [0.15, 0.2) is 0 Å². The first-order chi connectivity index (χ1) is 17.2. The third-order valence-corrected chi connectivity index (χ3v) is 5.78. The lowest BCUT2D eigenvalue weighted by molar-refractivity contribution is 0.287. The minimum absolute atomic E-state index is 0.279. The van der Waals surface area contributed by atoms with Crippen molar-refractivity contribution in [1.82, 2.24) is 0 Å². The summed E-state index contributed by atoms with van der Waals surface area (Å²) in [4.78, 5) is 0. The molecule has 4 aromatic rings. The van der Waals surface area contributed by atoms with E-state index in [1.807, 2.05) is 67.6 Å². The van der Waals surface area contributed by atoms with Crippen LogP contribution in [0.15, 0.2) is 97.1 Å². The number of benzene rings is 4.